The van der Waals surface area contributed by atoms with E-state index in [1.165, 1.54) is 11.1 Å². The second-order valence-electron chi connectivity index (χ2n) is 4.58. The Morgan fingerprint density at radius 3 is 2.37 bits per heavy atom. The van der Waals surface area contributed by atoms with Gasteiger partial charge in [0.1, 0.15) is 0 Å². The number of nitrogens with two attached hydrogens (primary N) is 1. The van der Waals surface area contributed by atoms with Crippen molar-refractivity contribution in [3.05, 3.63) is 65.2 Å². The highest BCUT2D eigenvalue weighted by atomic mass is 16.1. The number of benzene rings is 2. The molecule has 0 unspecified atom stereocenters. The van der Waals surface area contributed by atoms with Gasteiger partial charge in [-0.2, -0.15) is 0 Å². The normalized spacial score (nSPS) is 10.2. The minimum atomic E-state index is -0.315. The first-order chi connectivity index (χ1) is 9.16. The fourth-order valence-electron chi connectivity index (χ4n) is 2.03. The molecule has 2 rings (SSSR count). The van der Waals surface area contributed by atoms with Gasteiger partial charge < -0.3 is 11.1 Å². The monoisotopic (exact) mass is 254 g/mol. The van der Waals surface area contributed by atoms with E-state index < -0.39 is 0 Å². The average molecular weight is 254 g/mol. The predicted octanol–water partition coefficient (Wildman–Crippen LogP) is 2.63. The molecule has 0 saturated carbocycles. The SMILES string of the molecule is Cc1ccccc1CNc1ccccc1CC(N)=O. The molecule has 0 saturated heterocycles. The van der Waals surface area contributed by atoms with Crippen molar-refractivity contribution in [2.75, 3.05) is 5.32 Å². The number of rotatable bonds is 5. The van der Waals surface area contributed by atoms with Gasteiger partial charge in [-0.15, -0.1) is 0 Å². The number of amides is 1. The molecule has 0 bridgehead atoms. The Bertz CT molecular complexity index is 578. The van der Waals surface area contributed by atoms with Gasteiger partial charge in [-0.05, 0) is 29.7 Å². The van der Waals surface area contributed by atoms with Crippen molar-refractivity contribution in [3.63, 3.8) is 0 Å². The van der Waals surface area contributed by atoms with Gasteiger partial charge >= 0.3 is 0 Å². The second-order valence-corrected chi connectivity index (χ2v) is 4.58. The lowest BCUT2D eigenvalue weighted by Gasteiger charge is -2.12. The zero-order valence-electron chi connectivity index (χ0n) is 11.0. The largest absolute Gasteiger partial charge is 0.381 e. The van der Waals surface area contributed by atoms with Gasteiger partial charge in [-0.3, -0.25) is 4.79 Å². The zero-order chi connectivity index (χ0) is 13.7. The highest BCUT2D eigenvalue weighted by Crippen LogP contribution is 2.17. The number of hydrogen-bond acceptors (Lipinski definition) is 2. The number of nitrogens with one attached hydrogen (secondary N) is 1. The molecule has 2 aromatic carbocycles. The Morgan fingerprint density at radius 1 is 1.05 bits per heavy atom. The van der Waals surface area contributed by atoms with E-state index in [1.807, 2.05) is 36.4 Å². The molecule has 3 nitrogen and oxygen atoms in total. The molecule has 0 heterocycles. The zero-order valence-corrected chi connectivity index (χ0v) is 11.0. The van der Waals surface area contributed by atoms with Crippen LogP contribution in [0.5, 0.6) is 0 Å². The van der Waals surface area contributed by atoms with Crippen LogP contribution in [0, 0.1) is 6.92 Å². The lowest BCUT2D eigenvalue weighted by molar-refractivity contribution is -0.117. The lowest BCUT2D eigenvalue weighted by Crippen LogP contribution is -2.15. The predicted molar refractivity (Wildman–Crippen MR) is 77.8 cm³/mol. The first-order valence-corrected chi connectivity index (χ1v) is 6.31. The van der Waals surface area contributed by atoms with E-state index in [0.717, 1.165) is 17.8 Å². The molecule has 0 aliphatic carbocycles. The standard InChI is InChI=1S/C16H18N2O/c1-12-6-2-3-8-14(12)11-18-15-9-5-4-7-13(15)10-16(17)19/h2-9,18H,10-11H2,1H3,(H2,17,19). The summed E-state index contributed by atoms with van der Waals surface area (Å²) in [5.41, 5.74) is 9.65. The number of para-hydroxylation sites is 1. The van der Waals surface area contributed by atoms with Crippen LogP contribution in [0.3, 0.4) is 0 Å². The fourth-order valence-corrected chi connectivity index (χ4v) is 2.03. The van der Waals surface area contributed by atoms with E-state index in [-0.39, 0.29) is 12.3 Å². The minimum absolute atomic E-state index is 0.261. The highest BCUT2D eigenvalue weighted by molar-refractivity contribution is 5.78. The molecular weight excluding hydrogens is 236 g/mol. The molecule has 19 heavy (non-hydrogen) atoms. The van der Waals surface area contributed by atoms with E-state index in [2.05, 4.69) is 24.4 Å². The minimum Gasteiger partial charge on any atom is -0.381 e. The molecule has 3 heteroatoms. The van der Waals surface area contributed by atoms with Crippen LogP contribution in [-0.4, -0.2) is 5.91 Å². The summed E-state index contributed by atoms with van der Waals surface area (Å²) in [5.74, 6) is -0.315. The maximum Gasteiger partial charge on any atom is 0.221 e. The molecule has 0 atom stereocenters. The van der Waals surface area contributed by atoms with E-state index in [4.69, 9.17) is 5.73 Å². The van der Waals surface area contributed by atoms with Gasteiger partial charge in [0.15, 0.2) is 0 Å². The van der Waals surface area contributed by atoms with Crippen LogP contribution < -0.4 is 11.1 Å². The fraction of sp³-hybridized carbons (Fsp3) is 0.188. The smallest absolute Gasteiger partial charge is 0.221 e. The average Bonchev–Trinajstić information content (AvgIpc) is 2.39. The third kappa shape index (κ3) is 3.58. The lowest BCUT2D eigenvalue weighted by atomic mass is 10.1. The van der Waals surface area contributed by atoms with Crippen molar-refractivity contribution in [1.29, 1.82) is 0 Å². The number of anilines is 1. The van der Waals surface area contributed by atoms with E-state index in [0.29, 0.717) is 0 Å². The molecule has 1 amide bonds. The topological polar surface area (TPSA) is 55.1 Å². The number of aryl methyl sites for hydroxylation is 1. The molecule has 0 aromatic heterocycles. The van der Waals surface area contributed by atoms with Crippen molar-refractivity contribution in [2.24, 2.45) is 5.73 Å². The number of carbonyl (C=O) groups excluding carboxylic acids is 1. The maximum absolute atomic E-state index is 11.0. The first-order valence-electron chi connectivity index (χ1n) is 6.31. The Morgan fingerprint density at radius 2 is 1.68 bits per heavy atom. The molecule has 2 aromatic rings. The molecule has 3 N–H and O–H groups in total. The van der Waals surface area contributed by atoms with E-state index >= 15 is 0 Å². The third-order valence-electron chi connectivity index (χ3n) is 3.11. The highest BCUT2D eigenvalue weighted by Gasteiger charge is 2.05. The maximum atomic E-state index is 11.0. The Hall–Kier alpha value is -2.29. The van der Waals surface area contributed by atoms with Gasteiger partial charge in [0, 0.05) is 12.2 Å². The molecule has 0 fully saturated rings. The van der Waals surface area contributed by atoms with Gasteiger partial charge in [0.25, 0.3) is 0 Å². The Labute approximate surface area is 113 Å². The van der Waals surface area contributed by atoms with Gasteiger partial charge in [-0.25, -0.2) is 0 Å². The molecule has 0 aliphatic rings. The van der Waals surface area contributed by atoms with Crippen molar-refractivity contribution < 1.29 is 4.79 Å². The molecule has 0 aliphatic heterocycles. The van der Waals surface area contributed by atoms with Crippen LogP contribution in [0.2, 0.25) is 0 Å². The quantitative estimate of drug-likeness (QED) is 0.861. The van der Waals surface area contributed by atoms with Crippen molar-refractivity contribution in [2.45, 2.75) is 19.9 Å². The van der Waals surface area contributed by atoms with Crippen LogP contribution >= 0.6 is 0 Å². The van der Waals surface area contributed by atoms with E-state index in [1.54, 1.807) is 0 Å². The first kappa shape index (κ1) is 13.1. The van der Waals surface area contributed by atoms with Crippen LogP contribution in [0.1, 0.15) is 16.7 Å². The third-order valence-corrected chi connectivity index (χ3v) is 3.11. The second kappa shape index (κ2) is 6.05. The van der Waals surface area contributed by atoms with Crippen LogP contribution in [0.25, 0.3) is 0 Å². The number of carbonyl (C=O) groups is 1. The summed E-state index contributed by atoms with van der Waals surface area (Å²) in [5, 5.41) is 3.37. The summed E-state index contributed by atoms with van der Waals surface area (Å²) in [7, 11) is 0. The van der Waals surface area contributed by atoms with Gasteiger partial charge in [0.2, 0.25) is 5.91 Å². The van der Waals surface area contributed by atoms with Crippen molar-refractivity contribution in [3.8, 4) is 0 Å². The van der Waals surface area contributed by atoms with Crippen LogP contribution in [0.15, 0.2) is 48.5 Å². The summed E-state index contributed by atoms with van der Waals surface area (Å²) in [6, 6.07) is 16.0. The summed E-state index contributed by atoms with van der Waals surface area (Å²) >= 11 is 0. The van der Waals surface area contributed by atoms with Gasteiger partial charge in [-0.1, -0.05) is 42.5 Å². The van der Waals surface area contributed by atoms with E-state index in [9.17, 15) is 4.79 Å². The number of primary amides is 1. The Kier molecular flexibility index (Phi) is 4.18. The van der Waals surface area contributed by atoms with Crippen LogP contribution in [0.4, 0.5) is 5.69 Å². The van der Waals surface area contributed by atoms with Crippen molar-refractivity contribution in [1.82, 2.24) is 0 Å². The molecular formula is C16H18N2O. The summed E-state index contributed by atoms with van der Waals surface area (Å²) in [6.07, 6.45) is 0.261. The molecule has 0 radical (unpaired) electrons. The number of hydrogen-bond donors (Lipinski definition) is 2. The molecule has 98 valence electrons. The Balaban J connectivity index is 2.11. The van der Waals surface area contributed by atoms with Crippen molar-refractivity contribution >= 4 is 11.6 Å². The summed E-state index contributed by atoms with van der Waals surface area (Å²) in [4.78, 5) is 11.0. The van der Waals surface area contributed by atoms with Crippen LogP contribution in [-0.2, 0) is 17.8 Å². The molecule has 0 spiro atoms. The summed E-state index contributed by atoms with van der Waals surface area (Å²) in [6.45, 7) is 2.83. The summed E-state index contributed by atoms with van der Waals surface area (Å²) < 4.78 is 0. The van der Waals surface area contributed by atoms with Gasteiger partial charge in [0.05, 0.1) is 6.42 Å².